The lowest BCUT2D eigenvalue weighted by Crippen LogP contribution is -2.42. The monoisotopic (exact) mass is 476 g/mol. The molecule has 5 heteroatoms. The van der Waals surface area contributed by atoms with Crippen LogP contribution in [0.2, 0.25) is 36.3 Å². The molecule has 0 aliphatic heterocycles. The summed E-state index contributed by atoms with van der Waals surface area (Å²) in [6, 6.07) is 7.17. The number of alkyl halides is 1. The molecule has 180 valence electrons. The van der Waals surface area contributed by atoms with Crippen molar-refractivity contribution in [3.63, 3.8) is 0 Å². The summed E-state index contributed by atoms with van der Waals surface area (Å²) in [6.45, 7) is 16.9. The zero-order valence-corrected chi connectivity index (χ0v) is 24.2. The van der Waals surface area contributed by atoms with Gasteiger partial charge in [-0.1, -0.05) is 79.9 Å². The quantitative estimate of drug-likeness (QED) is 0.0753. The molecule has 0 bridgehead atoms. The molecule has 0 rings (SSSR count). The van der Waals surface area contributed by atoms with Crippen molar-refractivity contribution in [2.75, 3.05) is 6.61 Å². The first kappa shape index (κ1) is 30.4. The van der Waals surface area contributed by atoms with Crippen LogP contribution in [0.3, 0.4) is 0 Å². The van der Waals surface area contributed by atoms with Gasteiger partial charge in [0, 0.05) is 6.61 Å². The average Bonchev–Trinajstić information content (AvgIpc) is 2.79. The van der Waals surface area contributed by atoms with Gasteiger partial charge in [-0.25, -0.2) is 0 Å². The van der Waals surface area contributed by atoms with Crippen molar-refractivity contribution in [3.05, 3.63) is 12.2 Å². The third-order valence-corrected chi connectivity index (χ3v) is 17.0. The highest BCUT2D eigenvalue weighted by atomic mass is 35.5. The lowest BCUT2D eigenvalue weighted by molar-refractivity contribution is 0.214. The standard InChI is InChI=1S/C25H53ClO2Si2/c1-8-15-16-17-18-19-22-25(28-30(12-5,13-6)14-7)24(26)21-20-23-27-29(9-2,10-3)11-4/h19,22,24-25H,8-18,20-21,23H2,1-7H3/b22-19+/t24-,25-/m1/s1. The van der Waals surface area contributed by atoms with E-state index in [-0.39, 0.29) is 11.5 Å². The van der Waals surface area contributed by atoms with Crippen molar-refractivity contribution >= 4 is 28.2 Å². The van der Waals surface area contributed by atoms with Gasteiger partial charge in [0.25, 0.3) is 0 Å². The second kappa shape index (κ2) is 17.9. The van der Waals surface area contributed by atoms with Gasteiger partial charge in [-0.3, -0.25) is 0 Å². The Morgan fingerprint density at radius 3 is 1.80 bits per heavy atom. The van der Waals surface area contributed by atoms with Crippen molar-refractivity contribution in [3.8, 4) is 0 Å². The van der Waals surface area contributed by atoms with E-state index in [2.05, 4.69) is 60.6 Å². The van der Waals surface area contributed by atoms with E-state index in [4.69, 9.17) is 20.5 Å². The predicted octanol–water partition coefficient (Wildman–Crippen LogP) is 9.31. The third kappa shape index (κ3) is 11.3. The van der Waals surface area contributed by atoms with Gasteiger partial charge < -0.3 is 8.85 Å². The summed E-state index contributed by atoms with van der Waals surface area (Å²) in [5.74, 6) is 0. The van der Waals surface area contributed by atoms with Gasteiger partial charge >= 0.3 is 0 Å². The maximum absolute atomic E-state index is 6.94. The highest BCUT2D eigenvalue weighted by molar-refractivity contribution is 6.74. The van der Waals surface area contributed by atoms with Crippen LogP contribution in [-0.4, -0.2) is 34.7 Å². The molecule has 2 atom stereocenters. The molecule has 0 radical (unpaired) electrons. The minimum absolute atomic E-state index is 0.0398. The summed E-state index contributed by atoms with van der Waals surface area (Å²) < 4.78 is 13.3. The van der Waals surface area contributed by atoms with E-state index in [0.29, 0.717) is 0 Å². The summed E-state index contributed by atoms with van der Waals surface area (Å²) in [4.78, 5) is 0. The summed E-state index contributed by atoms with van der Waals surface area (Å²) in [7, 11) is -3.17. The average molecular weight is 477 g/mol. The van der Waals surface area contributed by atoms with E-state index in [1.54, 1.807) is 0 Å². The largest absolute Gasteiger partial charge is 0.417 e. The smallest absolute Gasteiger partial charge is 0.192 e. The second-order valence-corrected chi connectivity index (χ2v) is 18.9. The first-order valence-corrected chi connectivity index (χ1v) is 18.5. The molecular weight excluding hydrogens is 424 g/mol. The van der Waals surface area contributed by atoms with Gasteiger partial charge in [-0.2, -0.15) is 0 Å². The van der Waals surface area contributed by atoms with Crippen molar-refractivity contribution < 1.29 is 8.85 Å². The van der Waals surface area contributed by atoms with Crippen LogP contribution in [0.5, 0.6) is 0 Å². The Labute approximate surface area is 196 Å². The van der Waals surface area contributed by atoms with Gasteiger partial charge in [0.05, 0.1) is 11.5 Å². The van der Waals surface area contributed by atoms with E-state index < -0.39 is 16.6 Å². The number of rotatable bonds is 20. The summed E-state index contributed by atoms with van der Waals surface area (Å²) in [6.07, 6.45) is 13.0. The van der Waals surface area contributed by atoms with Crippen LogP contribution in [0.1, 0.15) is 93.4 Å². The molecule has 0 aromatic rings. The Morgan fingerprint density at radius 2 is 1.30 bits per heavy atom. The van der Waals surface area contributed by atoms with Gasteiger partial charge in [-0.15, -0.1) is 11.6 Å². The maximum Gasteiger partial charge on any atom is 0.192 e. The van der Waals surface area contributed by atoms with E-state index in [1.807, 2.05) is 0 Å². The fourth-order valence-electron chi connectivity index (χ4n) is 4.23. The van der Waals surface area contributed by atoms with Crippen LogP contribution >= 0.6 is 11.6 Å². The van der Waals surface area contributed by atoms with E-state index >= 15 is 0 Å². The molecule has 0 amide bonds. The first-order chi connectivity index (χ1) is 14.4. The molecule has 0 N–H and O–H groups in total. The Morgan fingerprint density at radius 1 is 0.733 bits per heavy atom. The highest BCUT2D eigenvalue weighted by Gasteiger charge is 2.34. The Hall–Kier alpha value is 0.384. The van der Waals surface area contributed by atoms with Crippen LogP contribution in [0.4, 0.5) is 0 Å². The lowest BCUT2D eigenvalue weighted by Gasteiger charge is -2.34. The molecule has 0 aromatic carbocycles. The molecule has 0 heterocycles. The fourth-order valence-corrected chi connectivity index (χ4v) is 10.1. The van der Waals surface area contributed by atoms with Crippen LogP contribution in [0.25, 0.3) is 0 Å². The summed E-state index contributed by atoms with van der Waals surface area (Å²) >= 11 is 6.94. The molecule has 0 aromatic heterocycles. The molecular formula is C25H53ClO2Si2. The minimum Gasteiger partial charge on any atom is -0.417 e. The predicted molar refractivity (Wildman–Crippen MR) is 142 cm³/mol. The Bertz CT molecular complexity index is 407. The van der Waals surface area contributed by atoms with E-state index in [1.165, 1.54) is 61.9 Å². The molecule has 2 nitrogen and oxygen atoms in total. The van der Waals surface area contributed by atoms with Crippen LogP contribution in [0.15, 0.2) is 12.2 Å². The van der Waals surface area contributed by atoms with Crippen LogP contribution < -0.4 is 0 Å². The number of hydrogen-bond acceptors (Lipinski definition) is 2. The maximum atomic E-state index is 6.94. The molecule has 0 aliphatic carbocycles. The van der Waals surface area contributed by atoms with Gasteiger partial charge in [0.1, 0.15) is 0 Å². The SMILES string of the molecule is CCCCCC/C=C/[C@@H](O[Si](CC)(CC)CC)[C@H](Cl)CCCO[Si](CC)(CC)CC. The zero-order chi connectivity index (χ0) is 22.9. The Balaban J connectivity index is 4.87. The molecule has 30 heavy (non-hydrogen) atoms. The molecule has 0 unspecified atom stereocenters. The van der Waals surface area contributed by atoms with Crippen LogP contribution in [0, 0.1) is 0 Å². The topological polar surface area (TPSA) is 18.5 Å². The fraction of sp³-hybridized carbons (Fsp3) is 0.920. The van der Waals surface area contributed by atoms with Gasteiger partial charge in [0.15, 0.2) is 16.6 Å². The zero-order valence-electron chi connectivity index (χ0n) is 21.4. The first-order valence-electron chi connectivity index (χ1n) is 13.0. The van der Waals surface area contributed by atoms with Gasteiger partial charge in [0.2, 0.25) is 0 Å². The number of hydrogen-bond donors (Lipinski definition) is 0. The Kier molecular flexibility index (Phi) is 18.1. The van der Waals surface area contributed by atoms with Crippen molar-refractivity contribution in [1.82, 2.24) is 0 Å². The highest BCUT2D eigenvalue weighted by Crippen LogP contribution is 2.28. The molecule has 0 spiro atoms. The van der Waals surface area contributed by atoms with Crippen molar-refractivity contribution in [2.24, 2.45) is 0 Å². The normalized spacial score (nSPS) is 15.1. The second-order valence-electron chi connectivity index (χ2n) is 8.85. The van der Waals surface area contributed by atoms with E-state index in [0.717, 1.165) is 25.9 Å². The molecule has 0 saturated carbocycles. The van der Waals surface area contributed by atoms with Crippen LogP contribution in [-0.2, 0) is 8.85 Å². The molecule has 0 aliphatic rings. The minimum atomic E-state index is -1.68. The lowest BCUT2D eigenvalue weighted by atomic mass is 10.1. The number of unbranched alkanes of at least 4 members (excludes halogenated alkanes) is 4. The number of allylic oxidation sites excluding steroid dienone is 1. The van der Waals surface area contributed by atoms with Gasteiger partial charge in [-0.05, 0) is 61.9 Å². The summed E-state index contributed by atoms with van der Waals surface area (Å²) in [5.41, 5.74) is 0. The van der Waals surface area contributed by atoms with E-state index in [9.17, 15) is 0 Å². The molecule has 0 fully saturated rings. The van der Waals surface area contributed by atoms with Crippen molar-refractivity contribution in [2.45, 2.75) is 141 Å². The van der Waals surface area contributed by atoms with Crippen molar-refractivity contribution in [1.29, 1.82) is 0 Å². The summed E-state index contributed by atoms with van der Waals surface area (Å²) in [5, 5.41) is 0.0398. The third-order valence-electron chi connectivity index (χ3n) is 7.19. The molecule has 0 saturated heterocycles. The number of halogens is 1.